The molecular weight excluding hydrogens is 384 g/mol. The van der Waals surface area contributed by atoms with Crippen LogP contribution in [0.25, 0.3) is 11.2 Å². The number of imidazole rings is 1. The molecule has 2 atom stereocenters. The van der Waals surface area contributed by atoms with Crippen molar-refractivity contribution >= 4 is 22.9 Å². The van der Waals surface area contributed by atoms with E-state index in [4.69, 9.17) is 9.51 Å². The number of pyridine rings is 1. The number of likely N-dealkylation sites (tertiary alicyclic amines) is 1. The predicted octanol–water partition coefficient (Wildman–Crippen LogP) is 1.87. The van der Waals surface area contributed by atoms with Gasteiger partial charge in [0, 0.05) is 32.7 Å². The van der Waals surface area contributed by atoms with Crippen molar-refractivity contribution in [3.63, 3.8) is 0 Å². The Kier molecular flexibility index (Phi) is 4.06. The van der Waals surface area contributed by atoms with Gasteiger partial charge in [-0.3, -0.25) is 13.9 Å². The van der Waals surface area contributed by atoms with Gasteiger partial charge in [0.15, 0.2) is 11.3 Å². The number of amides is 1. The molecule has 1 amide bonds. The molecule has 3 aromatic heterocycles. The first kappa shape index (κ1) is 18.9. The standard InChI is InChI=1S/C21H26N6O3/c1-21(2,3)12-27-16-5-6-17(22-18(16)24(4)20(27)29)25-10-14-9-13(25)11-26(14)19(28)15-7-8-30-23-15/h5-8,13-14H,9-12H2,1-4H3/t13?,14-/m1/s1. The van der Waals surface area contributed by atoms with Crippen LogP contribution in [0.3, 0.4) is 0 Å². The predicted molar refractivity (Wildman–Crippen MR) is 112 cm³/mol. The highest BCUT2D eigenvalue weighted by molar-refractivity contribution is 5.93. The maximum absolute atomic E-state index is 12.8. The zero-order valence-corrected chi connectivity index (χ0v) is 17.7. The van der Waals surface area contributed by atoms with Gasteiger partial charge in [-0.15, -0.1) is 0 Å². The van der Waals surface area contributed by atoms with E-state index in [9.17, 15) is 9.59 Å². The van der Waals surface area contributed by atoms with Gasteiger partial charge in [0.25, 0.3) is 5.91 Å². The normalized spacial score (nSPS) is 21.2. The molecule has 1 unspecified atom stereocenters. The number of hydrogen-bond acceptors (Lipinski definition) is 6. The molecule has 0 N–H and O–H groups in total. The molecule has 2 aliphatic heterocycles. The maximum atomic E-state index is 12.8. The Morgan fingerprint density at radius 3 is 2.63 bits per heavy atom. The summed E-state index contributed by atoms with van der Waals surface area (Å²) in [6.07, 6.45) is 2.33. The second-order valence-corrected chi connectivity index (χ2v) is 9.54. The van der Waals surface area contributed by atoms with Crippen molar-refractivity contribution < 1.29 is 9.32 Å². The highest BCUT2D eigenvalue weighted by atomic mass is 16.5. The molecule has 3 aromatic rings. The minimum atomic E-state index is -0.0824. The van der Waals surface area contributed by atoms with Crippen molar-refractivity contribution in [1.82, 2.24) is 24.2 Å². The first-order valence-electron chi connectivity index (χ1n) is 10.3. The quantitative estimate of drug-likeness (QED) is 0.655. The number of aryl methyl sites for hydroxylation is 1. The first-order chi connectivity index (χ1) is 14.2. The van der Waals surface area contributed by atoms with Crippen molar-refractivity contribution in [1.29, 1.82) is 0 Å². The average Bonchev–Trinajstić information content (AvgIpc) is 3.48. The highest BCUT2D eigenvalue weighted by Gasteiger charge is 2.46. The first-order valence-corrected chi connectivity index (χ1v) is 10.3. The largest absolute Gasteiger partial charge is 0.364 e. The summed E-state index contributed by atoms with van der Waals surface area (Å²) in [7, 11) is 1.77. The second kappa shape index (κ2) is 6.45. The number of nitrogens with zero attached hydrogens (tertiary/aromatic N) is 6. The van der Waals surface area contributed by atoms with Crippen molar-refractivity contribution in [2.24, 2.45) is 12.5 Å². The third-order valence-corrected chi connectivity index (χ3v) is 6.05. The molecule has 0 spiro atoms. The zero-order chi connectivity index (χ0) is 21.2. The fraction of sp³-hybridized carbons (Fsp3) is 0.524. The van der Waals surface area contributed by atoms with E-state index < -0.39 is 0 Å². The molecule has 0 saturated carbocycles. The van der Waals surface area contributed by atoms with E-state index in [-0.39, 0.29) is 29.1 Å². The van der Waals surface area contributed by atoms with Crippen LogP contribution < -0.4 is 10.6 Å². The number of carbonyl (C=O) groups excluding carboxylic acids is 1. The van der Waals surface area contributed by atoms with Gasteiger partial charge in [-0.25, -0.2) is 9.78 Å². The molecule has 0 aromatic carbocycles. The molecular formula is C21H26N6O3. The Morgan fingerprint density at radius 2 is 2.00 bits per heavy atom. The Morgan fingerprint density at radius 1 is 1.20 bits per heavy atom. The van der Waals surface area contributed by atoms with E-state index >= 15 is 0 Å². The van der Waals surface area contributed by atoms with Crippen molar-refractivity contribution in [2.75, 3.05) is 18.0 Å². The lowest BCUT2D eigenvalue weighted by atomic mass is 9.97. The summed E-state index contributed by atoms with van der Waals surface area (Å²) >= 11 is 0. The van der Waals surface area contributed by atoms with Gasteiger partial charge in [-0.05, 0) is 24.0 Å². The van der Waals surface area contributed by atoms with Crippen LogP contribution in [0.2, 0.25) is 0 Å². The van der Waals surface area contributed by atoms with E-state index in [1.54, 1.807) is 22.2 Å². The van der Waals surface area contributed by atoms with Crippen LogP contribution >= 0.6 is 0 Å². The minimum Gasteiger partial charge on any atom is -0.364 e. The molecule has 158 valence electrons. The number of anilines is 1. The average molecular weight is 410 g/mol. The van der Waals surface area contributed by atoms with Crippen LogP contribution in [0.5, 0.6) is 0 Å². The minimum absolute atomic E-state index is 0.00920. The Labute approximate surface area is 173 Å². The lowest BCUT2D eigenvalue weighted by molar-refractivity contribution is 0.0715. The summed E-state index contributed by atoms with van der Waals surface area (Å²) in [5, 5.41) is 3.77. The number of aromatic nitrogens is 4. The number of fused-ring (bicyclic) bond motifs is 3. The van der Waals surface area contributed by atoms with Gasteiger partial charge in [0.1, 0.15) is 12.1 Å². The van der Waals surface area contributed by atoms with E-state index in [1.165, 1.54) is 6.26 Å². The molecule has 2 bridgehead atoms. The van der Waals surface area contributed by atoms with Gasteiger partial charge < -0.3 is 14.3 Å². The molecule has 5 heterocycles. The summed E-state index contributed by atoms with van der Waals surface area (Å²) < 4.78 is 8.24. The molecule has 0 radical (unpaired) electrons. The van der Waals surface area contributed by atoms with E-state index in [0.29, 0.717) is 24.4 Å². The molecule has 5 rings (SSSR count). The van der Waals surface area contributed by atoms with Gasteiger partial charge in [0.05, 0.1) is 17.6 Å². The van der Waals surface area contributed by atoms with Gasteiger partial charge in [-0.1, -0.05) is 25.9 Å². The smallest absolute Gasteiger partial charge is 0.330 e. The lowest BCUT2D eigenvalue weighted by Gasteiger charge is -2.34. The fourth-order valence-corrected chi connectivity index (χ4v) is 4.72. The summed E-state index contributed by atoms with van der Waals surface area (Å²) in [6.45, 7) is 8.36. The molecule has 2 aliphatic rings. The molecule has 2 saturated heterocycles. The molecule has 2 fully saturated rings. The Hall–Kier alpha value is -3.10. The zero-order valence-electron chi connectivity index (χ0n) is 17.7. The Balaban J connectivity index is 1.41. The van der Waals surface area contributed by atoms with Crippen molar-refractivity contribution in [3.8, 4) is 0 Å². The molecule has 0 aliphatic carbocycles. The number of hydrogen-bond donors (Lipinski definition) is 0. The summed E-state index contributed by atoms with van der Waals surface area (Å²) in [6, 6.07) is 5.93. The van der Waals surface area contributed by atoms with Crippen molar-refractivity contribution in [3.05, 3.63) is 40.6 Å². The van der Waals surface area contributed by atoms with E-state index in [1.807, 2.05) is 17.0 Å². The van der Waals surface area contributed by atoms with Crippen LogP contribution in [-0.2, 0) is 13.6 Å². The van der Waals surface area contributed by atoms with Gasteiger partial charge >= 0.3 is 5.69 Å². The van der Waals surface area contributed by atoms with Crippen LogP contribution in [-0.4, -0.2) is 55.3 Å². The molecule has 30 heavy (non-hydrogen) atoms. The van der Waals surface area contributed by atoms with Crippen LogP contribution in [0.4, 0.5) is 5.82 Å². The number of rotatable bonds is 3. The summed E-state index contributed by atoms with van der Waals surface area (Å²) in [5.74, 6) is 0.771. The maximum Gasteiger partial charge on any atom is 0.330 e. The van der Waals surface area contributed by atoms with Crippen LogP contribution in [0.15, 0.2) is 33.8 Å². The Bertz CT molecular complexity index is 1170. The third kappa shape index (κ3) is 2.91. The van der Waals surface area contributed by atoms with Gasteiger partial charge in [-0.2, -0.15) is 0 Å². The van der Waals surface area contributed by atoms with E-state index in [0.717, 1.165) is 24.3 Å². The monoisotopic (exact) mass is 410 g/mol. The van der Waals surface area contributed by atoms with Gasteiger partial charge in [0.2, 0.25) is 0 Å². The topological polar surface area (TPSA) is 89.4 Å². The summed E-state index contributed by atoms with van der Waals surface area (Å²) in [4.78, 5) is 34.4. The summed E-state index contributed by atoms with van der Waals surface area (Å²) in [5.41, 5.74) is 1.85. The number of piperazine rings is 1. The van der Waals surface area contributed by atoms with Crippen LogP contribution in [0.1, 0.15) is 37.7 Å². The third-order valence-electron chi connectivity index (χ3n) is 6.05. The van der Waals surface area contributed by atoms with Crippen molar-refractivity contribution in [2.45, 2.75) is 45.8 Å². The molecule has 9 heteroatoms. The number of carbonyl (C=O) groups is 1. The molecule has 9 nitrogen and oxygen atoms in total. The SMILES string of the molecule is Cn1c(=O)n(CC(C)(C)C)c2ccc(N3C[C@H]4CC3CN4C(=O)c3ccon3)nc21. The second-order valence-electron chi connectivity index (χ2n) is 9.54. The van der Waals surface area contributed by atoms with E-state index in [2.05, 4.69) is 30.8 Å². The van der Waals surface area contributed by atoms with Crippen LogP contribution in [0, 0.1) is 5.41 Å². The highest BCUT2D eigenvalue weighted by Crippen LogP contribution is 2.35. The fourth-order valence-electron chi connectivity index (χ4n) is 4.72. The lowest BCUT2D eigenvalue weighted by Crippen LogP contribution is -2.49.